The Labute approximate surface area is 468 Å². The highest BCUT2D eigenvalue weighted by atomic mass is 15.1. The van der Waals surface area contributed by atoms with Gasteiger partial charge in [0.05, 0.1) is 5.41 Å². The standard InChI is InChI=1S/C79H57N/c1-77(2)69-32-18-15-25-59(69)62-43-40-57(48-72(62)77)80(58-41-44-63-60-26-16-19-33-70(60)78(3,4)73(63)49-58)56-39-37-50-45-52(36-35-51(50)46-56)75-65-28-11-13-30-67(65)76(68-31-14-12-29-66(68)75)53-38-42-64-61-27-17-20-34-71(61)79(74(64)47-53,54-21-7-5-8-22-54)55-23-9-6-10-24-55/h5-49H,1-4H3. The highest BCUT2D eigenvalue weighted by Gasteiger charge is 2.46. The molecule has 0 N–H and O–H groups in total. The van der Waals surface area contributed by atoms with Crippen molar-refractivity contribution in [3.05, 3.63) is 317 Å². The molecule has 0 fully saturated rings. The maximum Gasteiger partial charge on any atom is 0.0713 e. The van der Waals surface area contributed by atoms with Crippen LogP contribution in [0.3, 0.4) is 0 Å². The van der Waals surface area contributed by atoms with E-state index in [2.05, 4.69) is 306 Å². The second kappa shape index (κ2) is 17.2. The van der Waals surface area contributed by atoms with Crippen LogP contribution in [0.15, 0.2) is 273 Å². The van der Waals surface area contributed by atoms with Gasteiger partial charge in [0.25, 0.3) is 0 Å². The number of benzene rings is 13. The highest BCUT2D eigenvalue weighted by molar-refractivity contribution is 6.22. The Morgan fingerprint density at radius 3 is 1.12 bits per heavy atom. The predicted molar refractivity (Wildman–Crippen MR) is 337 cm³/mol. The van der Waals surface area contributed by atoms with E-state index in [0.717, 1.165) is 17.1 Å². The van der Waals surface area contributed by atoms with Crippen LogP contribution in [0.25, 0.3) is 88.0 Å². The lowest BCUT2D eigenvalue weighted by atomic mass is 9.67. The fraction of sp³-hybridized carbons (Fsp3) is 0.0886. The molecule has 0 spiro atoms. The van der Waals surface area contributed by atoms with E-state index in [-0.39, 0.29) is 10.8 Å². The highest BCUT2D eigenvalue weighted by Crippen LogP contribution is 2.58. The van der Waals surface area contributed by atoms with Gasteiger partial charge in [-0.2, -0.15) is 0 Å². The summed E-state index contributed by atoms with van der Waals surface area (Å²) in [5.41, 5.74) is 26.2. The van der Waals surface area contributed by atoms with Gasteiger partial charge in [-0.3, -0.25) is 0 Å². The van der Waals surface area contributed by atoms with E-state index in [0.29, 0.717) is 0 Å². The monoisotopic (exact) mass is 1020 g/mol. The summed E-state index contributed by atoms with van der Waals surface area (Å²) in [6.07, 6.45) is 0. The van der Waals surface area contributed by atoms with Crippen molar-refractivity contribution in [2.45, 2.75) is 43.9 Å². The third kappa shape index (κ3) is 6.52. The molecule has 0 saturated carbocycles. The van der Waals surface area contributed by atoms with Crippen molar-refractivity contribution < 1.29 is 0 Å². The quantitative estimate of drug-likeness (QED) is 0.144. The first-order valence-electron chi connectivity index (χ1n) is 28.3. The average molecular weight is 1020 g/mol. The van der Waals surface area contributed by atoms with Crippen LogP contribution in [0, 0.1) is 0 Å². The number of fused-ring (bicyclic) bond motifs is 12. The molecule has 0 atom stereocenters. The molecule has 0 heterocycles. The largest absolute Gasteiger partial charge is 0.310 e. The summed E-state index contributed by atoms with van der Waals surface area (Å²) in [5.74, 6) is 0. The first kappa shape index (κ1) is 46.5. The van der Waals surface area contributed by atoms with E-state index in [1.807, 2.05) is 0 Å². The molecule has 378 valence electrons. The molecule has 0 amide bonds. The van der Waals surface area contributed by atoms with E-state index < -0.39 is 5.41 Å². The van der Waals surface area contributed by atoms with Crippen molar-refractivity contribution in [1.82, 2.24) is 0 Å². The van der Waals surface area contributed by atoms with Crippen molar-refractivity contribution >= 4 is 49.4 Å². The zero-order valence-electron chi connectivity index (χ0n) is 45.4. The molecule has 16 rings (SSSR count). The second-order valence-electron chi connectivity index (χ2n) is 23.5. The van der Waals surface area contributed by atoms with Crippen molar-refractivity contribution in [2.75, 3.05) is 4.90 Å². The fourth-order valence-corrected chi connectivity index (χ4v) is 15.0. The van der Waals surface area contributed by atoms with Gasteiger partial charge in [-0.15, -0.1) is 0 Å². The van der Waals surface area contributed by atoms with Gasteiger partial charge in [0.1, 0.15) is 0 Å². The van der Waals surface area contributed by atoms with Crippen molar-refractivity contribution in [3.63, 3.8) is 0 Å². The maximum atomic E-state index is 2.52. The van der Waals surface area contributed by atoms with Gasteiger partial charge in [-0.05, 0) is 181 Å². The molecule has 13 aromatic carbocycles. The van der Waals surface area contributed by atoms with Crippen LogP contribution < -0.4 is 4.90 Å². The van der Waals surface area contributed by atoms with Gasteiger partial charge in [0, 0.05) is 27.9 Å². The number of rotatable bonds is 7. The van der Waals surface area contributed by atoms with Crippen LogP contribution in [-0.2, 0) is 16.2 Å². The van der Waals surface area contributed by atoms with E-state index in [1.165, 1.54) is 132 Å². The smallest absolute Gasteiger partial charge is 0.0713 e. The Morgan fingerprint density at radius 2 is 0.600 bits per heavy atom. The number of hydrogen-bond donors (Lipinski definition) is 0. The van der Waals surface area contributed by atoms with Crippen LogP contribution >= 0.6 is 0 Å². The molecular formula is C79H57N. The molecule has 0 aliphatic heterocycles. The Bertz CT molecular complexity index is 4510. The summed E-state index contributed by atoms with van der Waals surface area (Å²) >= 11 is 0. The molecule has 80 heavy (non-hydrogen) atoms. The minimum atomic E-state index is -0.493. The molecule has 0 saturated heterocycles. The number of hydrogen-bond acceptors (Lipinski definition) is 1. The van der Waals surface area contributed by atoms with Gasteiger partial charge >= 0.3 is 0 Å². The topological polar surface area (TPSA) is 3.24 Å². The number of nitrogens with zero attached hydrogens (tertiary/aromatic N) is 1. The Kier molecular flexibility index (Phi) is 10.0. The Hall–Kier alpha value is -9.56. The van der Waals surface area contributed by atoms with Gasteiger partial charge in [-0.1, -0.05) is 252 Å². The molecule has 3 aliphatic carbocycles. The van der Waals surface area contributed by atoms with Gasteiger partial charge < -0.3 is 4.90 Å². The zero-order chi connectivity index (χ0) is 53.5. The summed E-state index contributed by atoms with van der Waals surface area (Å²) < 4.78 is 0. The van der Waals surface area contributed by atoms with Gasteiger partial charge in [-0.25, -0.2) is 0 Å². The lowest BCUT2D eigenvalue weighted by Crippen LogP contribution is -2.28. The molecule has 1 nitrogen and oxygen atoms in total. The number of anilines is 3. The molecule has 0 aromatic heterocycles. The first-order chi connectivity index (χ1) is 39.2. The van der Waals surface area contributed by atoms with E-state index in [1.54, 1.807) is 0 Å². The van der Waals surface area contributed by atoms with Gasteiger partial charge in [0.15, 0.2) is 0 Å². The van der Waals surface area contributed by atoms with E-state index >= 15 is 0 Å². The molecule has 0 unspecified atom stereocenters. The molecule has 13 aromatic rings. The lowest BCUT2D eigenvalue weighted by Gasteiger charge is -2.34. The SMILES string of the molecule is CC1(C)c2ccccc2-c2ccc(N(c3ccc4c(c3)C(C)(C)c3ccccc3-4)c3ccc4cc(-c5c6ccccc6c(-c6ccc7c(c6)C(c6ccccc6)(c6ccccc6)c6ccccc6-7)c6ccccc56)ccc4c3)cc21. The Morgan fingerprint density at radius 1 is 0.250 bits per heavy atom. The maximum absolute atomic E-state index is 2.52. The summed E-state index contributed by atoms with van der Waals surface area (Å²) in [7, 11) is 0. The third-order valence-corrected chi connectivity index (χ3v) is 18.7. The van der Waals surface area contributed by atoms with E-state index in [4.69, 9.17) is 0 Å². The van der Waals surface area contributed by atoms with Crippen LogP contribution in [0.2, 0.25) is 0 Å². The normalized spacial score (nSPS) is 14.6. The fourth-order valence-electron chi connectivity index (χ4n) is 15.0. The summed E-state index contributed by atoms with van der Waals surface area (Å²) in [4.78, 5) is 2.49. The molecular weight excluding hydrogens is 963 g/mol. The minimum absolute atomic E-state index is 0.133. The minimum Gasteiger partial charge on any atom is -0.310 e. The zero-order valence-corrected chi connectivity index (χ0v) is 45.4. The lowest BCUT2D eigenvalue weighted by molar-refractivity contribution is 0.660. The average Bonchev–Trinajstić information content (AvgIpc) is 4.10. The van der Waals surface area contributed by atoms with Crippen LogP contribution in [0.4, 0.5) is 17.1 Å². The van der Waals surface area contributed by atoms with Crippen molar-refractivity contribution in [2.24, 2.45) is 0 Å². The van der Waals surface area contributed by atoms with Gasteiger partial charge in [0.2, 0.25) is 0 Å². The van der Waals surface area contributed by atoms with Crippen molar-refractivity contribution in [3.8, 4) is 55.6 Å². The van der Waals surface area contributed by atoms with Crippen LogP contribution in [0.5, 0.6) is 0 Å². The molecule has 3 aliphatic rings. The summed E-state index contributed by atoms with van der Waals surface area (Å²) in [5, 5.41) is 7.38. The van der Waals surface area contributed by atoms with E-state index in [9.17, 15) is 0 Å². The van der Waals surface area contributed by atoms with Crippen LogP contribution in [0.1, 0.15) is 72.2 Å². The summed E-state index contributed by atoms with van der Waals surface area (Å²) in [6.45, 7) is 9.51. The summed E-state index contributed by atoms with van der Waals surface area (Å²) in [6, 6.07) is 103. The third-order valence-electron chi connectivity index (χ3n) is 18.7. The molecule has 1 heteroatoms. The molecule has 0 bridgehead atoms. The second-order valence-corrected chi connectivity index (χ2v) is 23.5. The first-order valence-corrected chi connectivity index (χ1v) is 28.3. The Balaban J connectivity index is 0.848. The molecule has 0 radical (unpaired) electrons. The van der Waals surface area contributed by atoms with Crippen molar-refractivity contribution in [1.29, 1.82) is 0 Å². The van der Waals surface area contributed by atoms with Crippen LogP contribution in [-0.4, -0.2) is 0 Å². The predicted octanol–water partition coefficient (Wildman–Crippen LogP) is 20.9.